The molecule has 0 bridgehead atoms. The van der Waals surface area contributed by atoms with Crippen LogP contribution in [0.2, 0.25) is 0 Å². The molecule has 2 atom stereocenters. The lowest BCUT2D eigenvalue weighted by atomic mass is 10.2. The Labute approximate surface area is 96.0 Å². The summed E-state index contributed by atoms with van der Waals surface area (Å²) in [5, 5.41) is 8.98. The molecule has 4 heteroatoms. The first kappa shape index (κ1) is 11.6. The molecule has 1 aliphatic rings. The minimum atomic E-state index is -3.25. The highest BCUT2D eigenvalue weighted by molar-refractivity contribution is 7.92. The summed E-state index contributed by atoms with van der Waals surface area (Å²) in [6, 6.07) is 6.90. The Morgan fingerprint density at radius 2 is 1.81 bits per heavy atom. The van der Waals surface area contributed by atoms with E-state index in [2.05, 4.69) is 0 Å². The molecule has 1 saturated carbocycles. The third-order valence-corrected chi connectivity index (χ3v) is 5.38. The number of benzene rings is 1. The number of aryl methyl sites for hydroxylation is 1. The number of sulfone groups is 1. The van der Waals surface area contributed by atoms with Gasteiger partial charge in [0, 0.05) is 0 Å². The Hall–Kier alpha value is -0.870. The van der Waals surface area contributed by atoms with E-state index < -0.39 is 21.2 Å². The highest BCUT2D eigenvalue weighted by atomic mass is 32.2. The smallest absolute Gasteiger partial charge is 0.181 e. The van der Waals surface area contributed by atoms with Gasteiger partial charge in [0.15, 0.2) is 9.84 Å². The zero-order valence-corrected chi connectivity index (χ0v) is 10.1. The van der Waals surface area contributed by atoms with Gasteiger partial charge in [-0.1, -0.05) is 17.7 Å². The molecule has 1 aromatic carbocycles. The van der Waals surface area contributed by atoms with E-state index >= 15 is 0 Å². The van der Waals surface area contributed by atoms with Crippen LogP contribution in [0.4, 0.5) is 0 Å². The zero-order valence-electron chi connectivity index (χ0n) is 9.26. The molecule has 2 rings (SSSR count). The van der Waals surface area contributed by atoms with E-state index in [9.17, 15) is 13.5 Å². The van der Waals surface area contributed by atoms with Crippen LogP contribution >= 0.6 is 0 Å². The van der Waals surface area contributed by atoms with Crippen LogP contribution in [0.5, 0.6) is 0 Å². The lowest BCUT2D eigenvalue weighted by Gasteiger charge is -2.11. The minimum Gasteiger partial charge on any atom is -0.393 e. The van der Waals surface area contributed by atoms with Gasteiger partial charge >= 0.3 is 0 Å². The molecule has 0 aliphatic heterocycles. The van der Waals surface area contributed by atoms with Crippen LogP contribution in [0.15, 0.2) is 29.2 Å². The highest BCUT2D eigenvalue weighted by Gasteiger charge is 2.34. The molecule has 0 saturated heterocycles. The second kappa shape index (κ2) is 4.18. The molecule has 16 heavy (non-hydrogen) atoms. The van der Waals surface area contributed by atoms with Gasteiger partial charge in [0.25, 0.3) is 0 Å². The number of hydrogen-bond acceptors (Lipinski definition) is 3. The maximum Gasteiger partial charge on any atom is 0.181 e. The van der Waals surface area contributed by atoms with Crippen molar-refractivity contribution in [1.29, 1.82) is 0 Å². The van der Waals surface area contributed by atoms with Crippen molar-refractivity contribution < 1.29 is 13.5 Å². The van der Waals surface area contributed by atoms with Crippen LogP contribution in [0.25, 0.3) is 0 Å². The summed E-state index contributed by atoms with van der Waals surface area (Å²) in [5.74, 6) is 0. The third kappa shape index (κ3) is 2.13. The number of aliphatic hydroxyl groups is 1. The van der Waals surface area contributed by atoms with Crippen molar-refractivity contribution in [3.63, 3.8) is 0 Å². The van der Waals surface area contributed by atoms with Crippen LogP contribution in [-0.2, 0) is 9.84 Å². The van der Waals surface area contributed by atoms with Crippen molar-refractivity contribution in [3.8, 4) is 0 Å². The second-order valence-corrected chi connectivity index (χ2v) is 6.68. The molecule has 0 amide bonds. The average Bonchev–Trinajstić information content (AvgIpc) is 2.66. The number of hydrogen-bond donors (Lipinski definition) is 1. The predicted octanol–water partition coefficient (Wildman–Crippen LogP) is 1.68. The van der Waals surface area contributed by atoms with E-state index in [-0.39, 0.29) is 0 Å². The molecule has 88 valence electrons. The molecule has 0 heterocycles. The largest absolute Gasteiger partial charge is 0.393 e. The maximum atomic E-state index is 12.2. The molecule has 1 fully saturated rings. The van der Waals surface area contributed by atoms with E-state index in [4.69, 9.17) is 0 Å². The Morgan fingerprint density at radius 3 is 2.31 bits per heavy atom. The van der Waals surface area contributed by atoms with Gasteiger partial charge < -0.3 is 5.11 Å². The molecule has 3 nitrogen and oxygen atoms in total. The van der Waals surface area contributed by atoms with Gasteiger partial charge in [-0.2, -0.15) is 0 Å². The maximum absolute atomic E-state index is 12.2. The number of aliphatic hydroxyl groups excluding tert-OH is 1. The Morgan fingerprint density at radius 1 is 1.19 bits per heavy atom. The Kier molecular flexibility index (Phi) is 3.04. The van der Waals surface area contributed by atoms with Gasteiger partial charge in [0.05, 0.1) is 16.2 Å². The third-order valence-electron chi connectivity index (χ3n) is 3.15. The summed E-state index contributed by atoms with van der Waals surface area (Å²) < 4.78 is 24.4. The van der Waals surface area contributed by atoms with Crippen molar-refractivity contribution in [1.82, 2.24) is 0 Å². The van der Waals surface area contributed by atoms with Gasteiger partial charge in [-0.3, -0.25) is 0 Å². The van der Waals surface area contributed by atoms with E-state index in [1.807, 2.05) is 6.92 Å². The summed E-state index contributed by atoms with van der Waals surface area (Å²) in [7, 11) is -3.25. The second-order valence-electron chi connectivity index (χ2n) is 4.45. The molecule has 0 spiro atoms. The van der Waals surface area contributed by atoms with Crippen LogP contribution in [-0.4, -0.2) is 24.9 Å². The van der Waals surface area contributed by atoms with Gasteiger partial charge in [0.2, 0.25) is 0 Å². The fourth-order valence-corrected chi connectivity index (χ4v) is 3.94. The minimum absolute atomic E-state index is 0.371. The average molecular weight is 240 g/mol. The van der Waals surface area contributed by atoms with Crippen LogP contribution in [0, 0.1) is 6.92 Å². The quantitative estimate of drug-likeness (QED) is 0.855. The van der Waals surface area contributed by atoms with Crippen LogP contribution < -0.4 is 0 Å². The first-order chi connectivity index (χ1) is 7.50. The van der Waals surface area contributed by atoms with Crippen molar-refractivity contribution >= 4 is 9.84 Å². The molecule has 1 aromatic rings. The standard InChI is InChI=1S/C12H16O3S/c1-9-2-5-11(6-3-9)16(14,15)12-7-4-10(13)8-12/h2-3,5-6,10,12-13H,4,7-8H2,1H3. The fraction of sp³-hybridized carbons (Fsp3) is 0.500. The zero-order chi connectivity index (χ0) is 11.8. The van der Waals surface area contributed by atoms with Crippen molar-refractivity contribution in [2.24, 2.45) is 0 Å². The van der Waals surface area contributed by atoms with E-state index in [1.54, 1.807) is 24.3 Å². The van der Waals surface area contributed by atoms with Gasteiger partial charge in [0.1, 0.15) is 0 Å². The molecule has 2 unspecified atom stereocenters. The lowest BCUT2D eigenvalue weighted by Crippen LogP contribution is -2.19. The van der Waals surface area contributed by atoms with E-state index in [0.717, 1.165) is 5.56 Å². The topological polar surface area (TPSA) is 54.4 Å². The predicted molar refractivity (Wildman–Crippen MR) is 62.0 cm³/mol. The van der Waals surface area contributed by atoms with Crippen LogP contribution in [0.3, 0.4) is 0 Å². The van der Waals surface area contributed by atoms with Crippen molar-refractivity contribution in [2.75, 3.05) is 0 Å². The molecule has 0 aromatic heterocycles. The van der Waals surface area contributed by atoms with E-state index in [1.165, 1.54) is 0 Å². The summed E-state index contributed by atoms with van der Waals surface area (Å²) in [6.45, 7) is 1.93. The van der Waals surface area contributed by atoms with Crippen molar-refractivity contribution in [3.05, 3.63) is 29.8 Å². The summed E-state index contributed by atoms with van der Waals surface area (Å²) in [4.78, 5) is 0.372. The van der Waals surface area contributed by atoms with Gasteiger partial charge in [-0.05, 0) is 38.3 Å². The first-order valence-electron chi connectivity index (χ1n) is 5.49. The summed E-state index contributed by atoms with van der Waals surface area (Å²) >= 11 is 0. The molecule has 1 N–H and O–H groups in total. The monoisotopic (exact) mass is 240 g/mol. The lowest BCUT2D eigenvalue weighted by molar-refractivity contribution is 0.183. The molecular formula is C12H16O3S. The molecule has 0 radical (unpaired) electrons. The van der Waals surface area contributed by atoms with Gasteiger partial charge in [-0.15, -0.1) is 0 Å². The van der Waals surface area contributed by atoms with E-state index in [0.29, 0.717) is 24.2 Å². The van der Waals surface area contributed by atoms with Crippen LogP contribution in [0.1, 0.15) is 24.8 Å². The number of rotatable bonds is 2. The normalized spacial score (nSPS) is 25.9. The Bertz CT molecular complexity index is 462. The molecular weight excluding hydrogens is 224 g/mol. The molecule has 1 aliphatic carbocycles. The van der Waals surface area contributed by atoms with Crippen molar-refractivity contribution in [2.45, 2.75) is 42.4 Å². The summed E-state index contributed by atoms with van der Waals surface area (Å²) in [6.07, 6.45) is 1.08. The summed E-state index contributed by atoms with van der Waals surface area (Å²) in [5.41, 5.74) is 1.05. The SMILES string of the molecule is Cc1ccc(S(=O)(=O)C2CCC(O)C2)cc1. The van der Waals surface area contributed by atoms with Gasteiger partial charge in [-0.25, -0.2) is 8.42 Å². The highest BCUT2D eigenvalue weighted by Crippen LogP contribution is 2.29. The fourth-order valence-electron chi connectivity index (χ4n) is 2.12. The Balaban J connectivity index is 2.29. The first-order valence-corrected chi connectivity index (χ1v) is 7.03.